The Morgan fingerprint density at radius 3 is 2.78 bits per heavy atom. The van der Waals surface area contributed by atoms with Crippen LogP contribution in [0.5, 0.6) is 0 Å². The van der Waals surface area contributed by atoms with Crippen molar-refractivity contribution in [2.75, 3.05) is 24.4 Å². The Morgan fingerprint density at radius 2 is 2.28 bits per heavy atom. The number of nitrogens with zero attached hydrogens (tertiary/aromatic N) is 3. The summed E-state index contributed by atoms with van der Waals surface area (Å²) in [5.41, 5.74) is 1.53. The predicted octanol–water partition coefficient (Wildman–Crippen LogP) is 0.507. The monoisotopic (exact) mass is 256 g/mol. The fraction of sp³-hybridized carbons (Fsp3) is 0.556. The number of nitrogens with one attached hydrogen (secondary N) is 2. The van der Waals surface area contributed by atoms with Gasteiger partial charge in [-0.2, -0.15) is 4.98 Å². The number of ether oxygens (including phenoxy) is 1. The Hall–Kier alpha value is -2.00. The Labute approximate surface area is 104 Å². The molecule has 1 aromatic heterocycles. The van der Waals surface area contributed by atoms with E-state index in [0.717, 1.165) is 6.20 Å². The zero-order chi connectivity index (χ0) is 13.8. The molecule has 0 aliphatic rings. The Kier molecular flexibility index (Phi) is 4.34. The highest BCUT2D eigenvalue weighted by atomic mass is 16.6. The third kappa shape index (κ3) is 3.50. The number of hydrogen-bond acceptors (Lipinski definition) is 8. The van der Waals surface area contributed by atoms with Crippen LogP contribution in [0.4, 0.5) is 17.5 Å². The van der Waals surface area contributed by atoms with Gasteiger partial charge in [0.1, 0.15) is 6.20 Å². The van der Waals surface area contributed by atoms with Crippen LogP contribution in [0.25, 0.3) is 0 Å². The molecule has 100 valence electrons. The van der Waals surface area contributed by atoms with Gasteiger partial charge in [0.05, 0.1) is 10.5 Å². The van der Waals surface area contributed by atoms with E-state index >= 15 is 0 Å². The van der Waals surface area contributed by atoms with E-state index in [2.05, 4.69) is 20.7 Å². The van der Waals surface area contributed by atoms with E-state index in [-0.39, 0.29) is 17.5 Å². The molecule has 18 heavy (non-hydrogen) atoms. The summed E-state index contributed by atoms with van der Waals surface area (Å²) >= 11 is 0. The standard InChI is InChI=1S/C9H16N6O3/c1-9(2,18-3)5-12-7-6(15(16)17)4-11-8(13-7)14-10/h4H,5,10H2,1-3H3,(H2,11,12,13,14). The van der Waals surface area contributed by atoms with Crippen LogP contribution in [0.3, 0.4) is 0 Å². The molecule has 0 unspecified atom stereocenters. The van der Waals surface area contributed by atoms with Gasteiger partial charge < -0.3 is 10.1 Å². The second-order valence-electron chi connectivity index (χ2n) is 4.15. The van der Waals surface area contributed by atoms with Gasteiger partial charge in [-0.15, -0.1) is 0 Å². The van der Waals surface area contributed by atoms with Gasteiger partial charge >= 0.3 is 5.69 Å². The van der Waals surface area contributed by atoms with Crippen LogP contribution < -0.4 is 16.6 Å². The first-order valence-corrected chi connectivity index (χ1v) is 5.16. The van der Waals surface area contributed by atoms with Crippen LogP contribution in [-0.4, -0.2) is 34.1 Å². The summed E-state index contributed by atoms with van der Waals surface area (Å²) in [5, 5.41) is 13.7. The summed E-state index contributed by atoms with van der Waals surface area (Å²) in [6.45, 7) is 4.04. The summed E-state index contributed by atoms with van der Waals surface area (Å²) < 4.78 is 5.20. The quantitative estimate of drug-likeness (QED) is 0.381. The van der Waals surface area contributed by atoms with Gasteiger partial charge in [-0.1, -0.05) is 0 Å². The fourth-order valence-electron chi connectivity index (χ4n) is 1.08. The summed E-state index contributed by atoms with van der Waals surface area (Å²) in [6, 6.07) is 0. The van der Waals surface area contributed by atoms with E-state index in [9.17, 15) is 10.1 Å². The fourth-order valence-corrected chi connectivity index (χ4v) is 1.08. The molecule has 0 aliphatic carbocycles. The molecule has 4 N–H and O–H groups in total. The zero-order valence-corrected chi connectivity index (χ0v) is 10.4. The van der Waals surface area contributed by atoms with Gasteiger partial charge in [0, 0.05) is 13.7 Å². The first kappa shape index (κ1) is 14.1. The average molecular weight is 256 g/mol. The minimum Gasteiger partial charge on any atom is -0.377 e. The Balaban J connectivity index is 2.94. The van der Waals surface area contributed by atoms with Crippen molar-refractivity contribution in [2.24, 2.45) is 5.84 Å². The molecule has 0 aromatic carbocycles. The number of anilines is 2. The number of hydrazine groups is 1. The summed E-state index contributed by atoms with van der Waals surface area (Å²) in [6.07, 6.45) is 1.09. The molecular weight excluding hydrogens is 240 g/mol. The Bertz CT molecular complexity index is 436. The van der Waals surface area contributed by atoms with Crippen LogP contribution in [0.1, 0.15) is 13.8 Å². The van der Waals surface area contributed by atoms with E-state index in [1.54, 1.807) is 7.11 Å². The van der Waals surface area contributed by atoms with E-state index in [1.807, 2.05) is 13.8 Å². The maximum Gasteiger partial charge on any atom is 0.329 e. The molecule has 0 saturated heterocycles. The number of nitrogen functional groups attached to an aromatic ring is 1. The van der Waals surface area contributed by atoms with Crippen molar-refractivity contribution >= 4 is 17.5 Å². The smallest absolute Gasteiger partial charge is 0.329 e. The molecule has 1 heterocycles. The number of hydrogen-bond donors (Lipinski definition) is 3. The van der Waals surface area contributed by atoms with Crippen LogP contribution in [0.2, 0.25) is 0 Å². The van der Waals surface area contributed by atoms with E-state index < -0.39 is 10.5 Å². The van der Waals surface area contributed by atoms with Crippen molar-refractivity contribution in [2.45, 2.75) is 19.4 Å². The van der Waals surface area contributed by atoms with Gasteiger partial charge in [-0.05, 0) is 13.8 Å². The SMILES string of the molecule is COC(C)(C)CNc1nc(NN)ncc1[N+](=O)[O-]. The summed E-state index contributed by atoms with van der Waals surface area (Å²) in [4.78, 5) is 17.8. The summed E-state index contributed by atoms with van der Waals surface area (Å²) in [5.74, 6) is 5.34. The molecule has 9 nitrogen and oxygen atoms in total. The molecule has 0 bridgehead atoms. The first-order valence-electron chi connectivity index (χ1n) is 5.16. The number of nitro groups is 1. The first-order chi connectivity index (χ1) is 8.39. The molecule has 0 amide bonds. The van der Waals surface area contributed by atoms with Gasteiger partial charge in [0.15, 0.2) is 0 Å². The van der Waals surface area contributed by atoms with E-state index in [4.69, 9.17) is 10.6 Å². The van der Waals surface area contributed by atoms with Crippen LogP contribution >= 0.6 is 0 Å². The molecule has 1 aromatic rings. The lowest BCUT2D eigenvalue weighted by Crippen LogP contribution is -2.32. The molecule has 1 rings (SSSR count). The van der Waals surface area contributed by atoms with Crippen molar-refractivity contribution in [3.05, 3.63) is 16.3 Å². The number of nitrogens with two attached hydrogens (primary N) is 1. The van der Waals surface area contributed by atoms with Gasteiger partial charge in [-0.3, -0.25) is 15.5 Å². The topological polar surface area (TPSA) is 128 Å². The molecule has 0 aliphatic heterocycles. The second-order valence-corrected chi connectivity index (χ2v) is 4.15. The largest absolute Gasteiger partial charge is 0.377 e. The van der Waals surface area contributed by atoms with Crippen molar-refractivity contribution in [1.82, 2.24) is 9.97 Å². The molecule has 9 heteroatoms. The minimum absolute atomic E-state index is 0.0908. The minimum atomic E-state index is -0.567. The number of rotatable bonds is 6. The highest BCUT2D eigenvalue weighted by molar-refractivity contribution is 5.56. The molecule has 0 radical (unpaired) electrons. The lowest BCUT2D eigenvalue weighted by molar-refractivity contribution is -0.384. The van der Waals surface area contributed by atoms with Gasteiger partial charge in [-0.25, -0.2) is 10.8 Å². The maximum absolute atomic E-state index is 10.8. The maximum atomic E-state index is 10.8. The van der Waals surface area contributed by atoms with Crippen molar-refractivity contribution < 1.29 is 9.66 Å². The Morgan fingerprint density at radius 1 is 1.61 bits per heavy atom. The van der Waals surface area contributed by atoms with Gasteiger partial charge in [0.2, 0.25) is 11.8 Å². The summed E-state index contributed by atoms with van der Waals surface area (Å²) in [7, 11) is 1.56. The van der Waals surface area contributed by atoms with Crippen LogP contribution in [0.15, 0.2) is 6.20 Å². The zero-order valence-electron chi connectivity index (χ0n) is 10.4. The van der Waals surface area contributed by atoms with E-state index in [1.165, 1.54) is 0 Å². The van der Waals surface area contributed by atoms with E-state index in [0.29, 0.717) is 6.54 Å². The average Bonchev–Trinajstić information content (AvgIpc) is 2.36. The van der Waals surface area contributed by atoms with Crippen molar-refractivity contribution in [3.63, 3.8) is 0 Å². The number of methoxy groups -OCH3 is 1. The molecule has 0 spiro atoms. The highest BCUT2D eigenvalue weighted by Crippen LogP contribution is 2.22. The lowest BCUT2D eigenvalue weighted by Gasteiger charge is -2.23. The molecular formula is C9H16N6O3. The second kappa shape index (κ2) is 5.56. The third-order valence-corrected chi connectivity index (χ3v) is 2.33. The highest BCUT2D eigenvalue weighted by Gasteiger charge is 2.21. The number of aromatic nitrogens is 2. The van der Waals surface area contributed by atoms with Crippen molar-refractivity contribution in [3.8, 4) is 0 Å². The van der Waals surface area contributed by atoms with Gasteiger partial charge in [0.25, 0.3) is 0 Å². The third-order valence-electron chi connectivity index (χ3n) is 2.33. The lowest BCUT2D eigenvalue weighted by atomic mass is 10.1. The molecule has 0 saturated carbocycles. The van der Waals surface area contributed by atoms with Crippen LogP contribution in [-0.2, 0) is 4.74 Å². The normalized spacial score (nSPS) is 11.1. The molecule has 0 atom stereocenters. The van der Waals surface area contributed by atoms with Crippen LogP contribution in [0, 0.1) is 10.1 Å². The molecule has 0 fully saturated rings. The van der Waals surface area contributed by atoms with Crippen molar-refractivity contribution in [1.29, 1.82) is 0 Å². The predicted molar refractivity (Wildman–Crippen MR) is 66.1 cm³/mol.